The van der Waals surface area contributed by atoms with E-state index in [1.807, 2.05) is 0 Å². The Labute approximate surface area is 113 Å². The molecule has 1 aromatic rings. The van der Waals surface area contributed by atoms with Crippen molar-refractivity contribution < 1.29 is 9.90 Å². The number of carbonyl (C=O) groups is 1. The van der Waals surface area contributed by atoms with Gasteiger partial charge in [-0.05, 0) is 31.6 Å². The van der Waals surface area contributed by atoms with Gasteiger partial charge in [0.2, 0.25) is 5.91 Å². The lowest BCUT2D eigenvalue weighted by molar-refractivity contribution is -0.121. The quantitative estimate of drug-likeness (QED) is 0.795. The van der Waals surface area contributed by atoms with Crippen LogP contribution in [0, 0.1) is 5.92 Å². The average molecular weight is 266 g/mol. The maximum absolute atomic E-state index is 11.7. The molecule has 2 N–H and O–H groups in total. The van der Waals surface area contributed by atoms with E-state index >= 15 is 0 Å². The standard InChI is InChI=1S/C13H22N4O2/c18-12-4-1-3-11(9-12)10-14-13(19)5-2-7-17-8-6-15-16-17/h6,8,11-12,18H,1-5,7,9-10H2,(H,14,19). The molecule has 6 heteroatoms. The van der Waals surface area contributed by atoms with Crippen LogP contribution in [0.15, 0.2) is 12.4 Å². The predicted molar refractivity (Wildman–Crippen MR) is 70.2 cm³/mol. The number of hydrogen-bond donors (Lipinski definition) is 2. The van der Waals surface area contributed by atoms with Crippen molar-refractivity contribution in [1.82, 2.24) is 20.3 Å². The molecule has 0 aromatic carbocycles. The van der Waals surface area contributed by atoms with Crippen molar-refractivity contribution in [3.8, 4) is 0 Å². The van der Waals surface area contributed by atoms with Crippen molar-refractivity contribution in [1.29, 1.82) is 0 Å². The second-order valence-corrected chi connectivity index (χ2v) is 5.26. The molecule has 6 nitrogen and oxygen atoms in total. The number of aromatic nitrogens is 3. The van der Waals surface area contributed by atoms with Gasteiger partial charge in [0.05, 0.1) is 12.3 Å². The van der Waals surface area contributed by atoms with Crippen LogP contribution in [0.5, 0.6) is 0 Å². The Morgan fingerprint density at radius 3 is 3.11 bits per heavy atom. The zero-order valence-corrected chi connectivity index (χ0v) is 11.2. The highest BCUT2D eigenvalue weighted by atomic mass is 16.3. The molecule has 1 aromatic heterocycles. The zero-order valence-electron chi connectivity index (χ0n) is 11.2. The predicted octanol–water partition coefficient (Wildman–Crippen LogP) is 0.726. The fraction of sp³-hybridized carbons (Fsp3) is 0.769. The van der Waals surface area contributed by atoms with Crippen LogP contribution in [0.1, 0.15) is 38.5 Å². The third-order valence-electron chi connectivity index (χ3n) is 3.61. The van der Waals surface area contributed by atoms with Crippen molar-refractivity contribution in [3.05, 3.63) is 12.4 Å². The lowest BCUT2D eigenvalue weighted by Crippen LogP contribution is -2.32. The molecule has 1 aliphatic carbocycles. The van der Waals surface area contributed by atoms with E-state index in [4.69, 9.17) is 0 Å². The summed E-state index contributed by atoms with van der Waals surface area (Å²) in [6.07, 6.45) is 8.42. The van der Waals surface area contributed by atoms with Gasteiger partial charge < -0.3 is 10.4 Å². The summed E-state index contributed by atoms with van der Waals surface area (Å²) in [7, 11) is 0. The Morgan fingerprint density at radius 2 is 2.37 bits per heavy atom. The maximum atomic E-state index is 11.7. The Hall–Kier alpha value is -1.43. The number of aliphatic hydroxyl groups excluding tert-OH is 1. The fourth-order valence-corrected chi connectivity index (χ4v) is 2.55. The molecule has 1 fully saturated rings. The number of amides is 1. The van der Waals surface area contributed by atoms with Gasteiger partial charge in [0.25, 0.3) is 0 Å². The molecule has 106 valence electrons. The first-order valence-corrected chi connectivity index (χ1v) is 7.03. The molecule has 19 heavy (non-hydrogen) atoms. The van der Waals surface area contributed by atoms with Gasteiger partial charge in [-0.15, -0.1) is 5.10 Å². The lowest BCUT2D eigenvalue weighted by atomic mass is 9.87. The Bertz CT molecular complexity index is 380. The molecule has 0 radical (unpaired) electrons. The van der Waals surface area contributed by atoms with E-state index in [2.05, 4.69) is 15.6 Å². The molecule has 1 saturated carbocycles. The lowest BCUT2D eigenvalue weighted by Gasteiger charge is -2.25. The van der Waals surface area contributed by atoms with Gasteiger partial charge in [0.1, 0.15) is 0 Å². The molecule has 1 aliphatic rings. The highest BCUT2D eigenvalue weighted by Gasteiger charge is 2.20. The summed E-state index contributed by atoms with van der Waals surface area (Å²) in [4.78, 5) is 11.7. The van der Waals surface area contributed by atoms with E-state index in [0.717, 1.165) is 38.6 Å². The summed E-state index contributed by atoms with van der Waals surface area (Å²) in [6, 6.07) is 0. The van der Waals surface area contributed by atoms with Crippen molar-refractivity contribution in [3.63, 3.8) is 0 Å². The van der Waals surface area contributed by atoms with E-state index < -0.39 is 0 Å². The number of hydrogen-bond acceptors (Lipinski definition) is 4. The third-order valence-corrected chi connectivity index (χ3v) is 3.61. The molecule has 0 saturated heterocycles. The van der Waals surface area contributed by atoms with Gasteiger partial charge in [-0.3, -0.25) is 9.48 Å². The van der Waals surface area contributed by atoms with Crippen LogP contribution in [0.4, 0.5) is 0 Å². The first-order chi connectivity index (χ1) is 9.24. The van der Waals surface area contributed by atoms with Crippen LogP contribution in [0.3, 0.4) is 0 Å². The van der Waals surface area contributed by atoms with E-state index in [1.165, 1.54) is 0 Å². The zero-order chi connectivity index (χ0) is 13.5. The van der Waals surface area contributed by atoms with Crippen LogP contribution in [-0.2, 0) is 11.3 Å². The summed E-state index contributed by atoms with van der Waals surface area (Å²) in [5.74, 6) is 0.517. The van der Waals surface area contributed by atoms with Gasteiger partial charge in [0.15, 0.2) is 0 Å². The summed E-state index contributed by atoms with van der Waals surface area (Å²) < 4.78 is 1.73. The second-order valence-electron chi connectivity index (χ2n) is 5.26. The van der Waals surface area contributed by atoms with Gasteiger partial charge in [-0.1, -0.05) is 11.6 Å². The Kier molecular flexibility index (Phi) is 5.32. The van der Waals surface area contributed by atoms with Gasteiger partial charge in [0, 0.05) is 25.7 Å². The number of carbonyl (C=O) groups excluding carboxylic acids is 1. The molecule has 2 rings (SSSR count). The molecule has 2 atom stereocenters. The molecule has 1 heterocycles. The summed E-state index contributed by atoms with van der Waals surface area (Å²) in [5, 5.41) is 20.1. The smallest absolute Gasteiger partial charge is 0.220 e. The fourth-order valence-electron chi connectivity index (χ4n) is 2.55. The first kappa shape index (κ1) is 14.0. The molecule has 0 bridgehead atoms. The Morgan fingerprint density at radius 1 is 1.47 bits per heavy atom. The van der Waals surface area contributed by atoms with Crippen LogP contribution in [0.25, 0.3) is 0 Å². The summed E-state index contributed by atoms with van der Waals surface area (Å²) >= 11 is 0. The van der Waals surface area contributed by atoms with Crippen LogP contribution < -0.4 is 5.32 Å². The largest absolute Gasteiger partial charge is 0.393 e. The van der Waals surface area contributed by atoms with Crippen LogP contribution >= 0.6 is 0 Å². The van der Waals surface area contributed by atoms with Crippen molar-refractivity contribution in [2.45, 2.75) is 51.2 Å². The minimum Gasteiger partial charge on any atom is -0.393 e. The molecule has 2 unspecified atom stereocenters. The molecule has 0 aliphatic heterocycles. The average Bonchev–Trinajstić information content (AvgIpc) is 2.90. The summed E-state index contributed by atoms with van der Waals surface area (Å²) in [6.45, 7) is 1.41. The van der Waals surface area contributed by atoms with E-state index in [-0.39, 0.29) is 12.0 Å². The van der Waals surface area contributed by atoms with Crippen molar-refractivity contribution in [2.24, 2.45) is 5.92 Å². The van der Waals surface area contributed by atoms with Gasteiger partial charge in [-0.2, -0.15) is 0 Å². The van der Waals surface area contributed by atoms with Gasteiger partial charge >= 0.3 is 0 Å². The SMILES string of the molecule is O=C(CCCn1ccnn1)NCC1CCCC(O)C1. The minimum absolute atomic E-state index is 0.0835. The van der Waals surface area contributed by atoms with Crippen LogP contribution in [0.2, 0.25) is 0 Å². The number of nitrogens with one attached hydrogen (secondary N) is 1. The Balaban J connectivity index is 1.56. The first-order valence-electron chi connectivity index (χ1n) is 7.03. The molecule has 0 spiro atoms. The maximum Gasteiger partial charge on any atom is 0.220 e. The van der Waals surface area contributed by atoms with E-state index in [1.54, 1.807) is 17.1 Å². The molecular weight excluding hydrogens is 244 g/mol. The number of aliphatic hydroxyl groups is 1. The number of rotatable bonds is 6. The molecular formula is C13H22N4O2. The van der Waals surface area contributed by atoms with Gasteiger partial charge in [-0.25, -0.2) is 0 Å². The second kappa shape index (κ2) is 7.23. The van der Waals surface area contributed by atoms with Crippen molar-refractivity contribution >= 4 is 5.91 Å². The highest BCUT2D eigenvalue weighted by molar-refractivity contribution is 5.75. The third kappa shape index (κ3) is 4.98. The monoisotopic (exact) mass is 266 g/mol. The number of nitrogens with zero attached hydrogens (tertiary/aromatic N) is 3. The van der Waals surface area contributed by atoms with Crippen LogP contribution in [-0.4, -0.2) is 38.7 Å². The topological polar surface area (TPSA) is 80.0 Å². The molecule has 1 amide bonds. The summed E-state index contributed by atoms with van der Waals surface area (Å²) in [5.41, 5.74) is 0. The van der Waals surface area contributed by atoms with E-state index in [0.29, 0.717) is 18.9 Å². The number of aryl methyl sites for hydroxylation is 1. The highest BCUT2D eigenvalue weighted by Crippen LogP contribution is 2.23. The minimum atomic E-state index is -0.178. The van der Waals surface area contributed by atoms with Crippen molar-refractivity contribution in [2.75, 3.05) is 6.54 Å². The normalized spacial score (nSPS) is 23.2. The van der Waals surface area contributed by atoms with E-state index in [9.17, 15) is 9.90 Å².